The normalized spacial score (nSPS) is 51.5. The quantitative estimate of drug-likeness (QED) is 0.514. The second kappa shape index (κ2) is 2.22. The summed E-state index contributed by atoms with van der Waals surface area (Å²) < 4.78 is 0. The molecule has 1 unspecified atom stereocenters. The molecule has 1 saturated carbocycles. The number of nitrogens with zero attached hydrogens (tertiary/aromatic N) is 1. The zero-order valence-electron chi connectivity index (χ0n) is 7.93. The molecular weight excluding hydrogens is 134 g/mol. The van der Waals surface area contributed by atoms with Crippen LogP contribution in [0.2, 0.25) is 0 Å². The predicted molar refractivity (Wildman–Crippen MR) is 47.5 cm³/mol. The predicted octanol–water partition coefficient (Wildman–Crippen LogP) is 1.98. The van der Waals surface area contributed by atoms with E-state index in [2.05, 4.69) is 25.8 Å². The Bertz CT molecular complexity index is 166. The standard InChI is InChI=1S/C10H19N/c1-8-9-4-6-11(3)7-5-10(8,9)2/h8-9H,4-7H2,1-3H3/t8-,9+,10?/m0/s1. The van der Waals surface area contributed by atoms with Crippen LogP contribution in [0.1, 0.15) is 26.7 Å². The van der Waals surface area contributed by atoms with E-state index in [1.54, 1.807) is 0 Å². The molecule has 0 amide bonds. The summed E-state index contributed by atoms with van der Waals surface area (Å²) in [7, 11) is 2.25. The molecule has 11 heavy (non-hydrogen) atoms. The van der Waals surface area contributed by atoms with Crippen LogP contribution >= 0.6 is 0 Å². The van der Waals surface area contributed by atoms with Crippen molar-refractivity contribution in [2.24, 2.45) is 17.3 Å². The Kier molecular flexibility index (Phi) is 1.54. The highest BCUT2D eigenvalue weighted by atomic mass is 15.1. The maximum atomic E-state index is 2.48. The van der Waals surface area contributed by atoms with Gasteiger partial charge in [0.15, 0.2) is 0 Å². The van der Waals surface area contributed by atoms with Crippen LogP contribution in [-0.4, -0.2) is 25.0 Å². The summed E-state index contributed by atoms with van der Waals surface area (Å²) in [4.78, 5) is 2.48. The Morgan fingerprint density at radius 2 is 2.09 bits per heavy atom. The van der Waals surface area contributed by atoms with Crippen molar-refractivity contribution in [3.63, 3.8) is 0 Å². The van der Waals surface area contributed by atoms with Crippen molar-refractivity contribution in [1.29, 1.82) is 0 Å². The number of hydrogen-bond acceptors (Lipinski definition) is 1. The second-order valence-electron chi connectivity index (χ2n) is 4.74. The molecule has 1 nitrogen and oxygen atoms in total. The van der Waals surface area contributed by atoms with Crippen molar-refractivity contribution in [2.75, 3.05) is 20.1 Å². The molecule has 1 saturated heterocycles. The molecule has 0 spiro atoms. The monoisotopic (exact) mass is 153 g/mol. The minimum atomic E-state index is 0.727. The molecule has 2 fully saturated rings. The lowest BCUT2D eigenvalue weighted by Gasteiger charge is -2.15. The van der Waals surface area contributed by atoms with E-state index in [1.165, 1.54) is 25.9 Å². The minimum absolute atomic E-state index is 0.727. The van der Waals surface area contributed by atoms with E-state index in [0.717, 1.165) is 17.3 Å². The van der Waals surface area contributed by atoms with E-state index in [9.17, 15) is 0 Å². The fourth-order valence-corrected chi connectivity index (χ4v) is 2.81. The summed E-state index contributed by atoms with van der Waals surface area (Å²) in [6.45, 7) is 7.54. The largest absolute Gasteiger partial charge is 0.306 e. The lowest BCUT2D eigenvalue weighted by molar-refractivity contribution is 0.313. The van der Waals surface area contributed by atoms with Gasteiger partial charge >= 0.3 is 0 Å². The summed E-state index contributed by atoms with van der Waals surface area (Å²) in [6, 6.07) is 0. The fourth-order valence-electron chi connectivity index (χ4n) is 2.81. The highest BCUT2D eigenvalue weighted by Crippen LogP contribution is 2.62. The van der Waals surface area contributed by atoms with Gasteiger partial charge in [-0.2, -0.15) is 0 Å². The average Bonchev–Trinajstić information content (AvgIpc) is 2.53. The Balaban J connectivity index is 2.03. The van der Waals surface area contributed by atoms with Crippen LogP contribution in [0.15, 0.2) is 0 Å². The highest BCUT2D eigenvalue weighted by molar-refractivity contribution is 5.06. The number of rotatable bonds is 0. The molecule has 1 aliphatic heterocycles. The van der Waals surface area contributed by atoms with Crippen LogP contribution in [-0.2, 0) is 0 Å². The van der Waals surface area contributed by atoms with Crippen molar-refractivity contribution in [2.45, 2.75) is 26.7 Å². The van der Waals surface area contributed by atoms with Crippen LogP contribution in [0.3, 0.4) is 0 Å². The van der Waals surface area contributed by atoms with Crippen LogP contribution in [0.25, 0.3) is 0 Å². The molecule has 0 aromatic heterocycles. The van der Waals surface area contributed by atoms with Crippen LogP contribution in [0.4, 0.5) is 0 Å². The number of hydrogen-bond donors (Lipinski definition) is 0. The van der Waals surface area contributed by atoms with Gasteiger partial charge in [-0.15, -0.1) is 0 Å². The van der Waals surface area contributed by atoms with Gasteiger partial charge in [-0.05, 0) is 50.2 Å². The third-order valence-corrected chi connectivity index (χ3v) is 4.24. The van der Waals surface area contributed by atoms with Gasteiger partial charge in [-0.1, -0.05) is 13.8 Å². The van der Waals surface area contributed by atoms with Gasteiger partial charge in [0.25, 0.3) is 0 Å². The second-order valence-corrected chi connectivity index (χ2v) is 4.74. The lowest BCUT2D eigenvalue weighted by atomic mass is 10.0. The van der Waals surface area contributed by atoms with Gasteiger partial charge < -0.3 is 4.90 Å². The van der Waals surface area contributed by atoms with Crippen LogP contribution < -0.4 is 0 Å². The third-order valence-electron chi connectivity index (χ3n) is 4.24. The number of likely N-dealkylation sites (tertiary alicyclic amines) is 1. The number of fused-ring (bicyclic) bond motifs is 1. The molecule has 0 bridgehead atoms. The van der Waals surface area contributed by atoms with Gasteiger partial charge in [0.1, 0.15) is 0 Å². The average molecular weight is 153 g/mol. The van der Waals surface area contributed by atoms with Crippen molar-refractivity contribution in [3.8, 4) is 0 Å². The van der Waals surface area contributed by atoms with Crippen molar-refractivity contribution in [3.05, 3.63) is 0 Å². The molecule has 64 valence electrons. The maximum Gasteiger partial charge on any atom is -0.00164 e. The molecule has 3 atom stereocenters. The molecule has 0 aromatic carbocycles. The summed E-state index contributed by atoms with van der Waals surface area (Å²) in [6.07, 6.45) is 2.86. The van der Waals surface area contributed by atoms with Crippen LogP contribution in [0.5, 0.6) is 0 Å². The van der Waals surface area contributed by atoms with Crippen LogP contribution in [0, 0.1) is 17.3 Å². The highest BCUT2D eigenvalue weighted by Gasteiger charge is 2.57. The molecule has 2 rings (SSSR count). The Morgan fingerprint density at radius 1 is 1.36 bits per heavy atom. The fraction of sp³-hybridized carbons (Fsp3) is 1.00. The third kappa shape index (κ3) is 1.01. The minimum Gasteiger partial charge on any atom is -0.306 e. The molecule has 0 aromatic rings. The van der Waals surface area contributed by atoms with E-state index in [1.807, 2.05) is 0 Å². The van der Waals surface area contributed by atoms with Gasteiger partial charge in [-0.3, -0.25) is 0 Å². The summed E-state index contributed by atoms with van der Waals surface area (Å²) in [5, 5.41) is 0. The molecule has 0 radical (unpaired) electrons. The molecule has 0 N–H and O–H groups in total. The van der Waals surface area contributed by atoms with Crippen molar-refractivity contribution >= 4 is 0 Å². The van der Waals surface area contributed by atoms with Crippen molar-refractivity contribution in [1.82, 2.24) is 4.90 Å². The Morgan fingerprint density at radius 3 is 2.82 bits per heavy atom. The van der Waals surface area contributed by atoms with Gasteiger partial charge in [0.2, 0.25) is 0 Å². The van der Waals surface area contributed by atoms with E-state index in [-0.39, 0.29) is 0 Å². The first kappa shape index (κ1) is 7.60. The first-order valence-corrected chi connectivity index (χ1v) is 4.83. The van der Waals surface area contributed by atoms with E-state index >= 15 is 0 Å². The van der Waals surface area contributed by atoms with Gasteiger partial charge in [0.05, 0.1) is 0 Å². The van der Waals surface area contributed by atoms with Gasteiger partial charge in [-0.25, -0.2) is 0 Å². The molecule has 2 aliphatic rings. The topological polar surface area (TPSA) is 3.24 Å². The summed E-state index contributed by atoms with van der Waals surface area (Å²) in [5.41, 5.74) is 0.727. The smallest absolute Gasteiger partial charge is 0.00164 e. The first-order chi connectivity index (χ1) is 5.14. The maximum absolute atomic E-state index is 2.48. The Hall–Kier alpha value is -0.0400. The zero-order chi connectivity index (χ0) is 8.06. The van der Waals surface area contributed by atoms with E-state index in [4.69, 9.17) is 0 Å². The van der Waals surface area contributed by atoms with Gasteiger partial charge in [0, 0.05) is 0 Å². The molecule has 1 heterocycles. The first-order valence-electron chi connectivity index (χ1n) is 4.83. The van der Waals surface area contributed by atoms with E-state index in [0.29, 0.717) is 0 Å². The van der Waals surface area contributed by atoms with E-state index < -0.39 is 0 Å². The summed E-state index contributed by atoms with van der Waals surface area (Å²) >= 11 is 0. The zero-order valence-corrected chi connectivity index (χ0v) is 7.93. The molecular formula is C10H19N. The Labute approximate surface area is 69.8 Å². The lowest BCUT2D eigenvalue weighted by Crippen LogP contribution is -2.20. The SMILES string of the molecule is C[C@H]1[C@H]2CCN(C)CCC21C. The molecule has 1 aliphatic carbocycles. The summed E-state index contributed by atoms with van der Waals surface area (Å²) in [5.74, 6) is 2.06. The van der Waals surface area contributed by atoms with Crippen molar-refractivity contribution < 1.29 is 0 Å². The molecule has 1 heteroatoms.